The molecule has 0 bridgehead atoms. The van der Waals surface area contributed by atoms with Crippen molar-refractivity contribution in [3.05, 3.63) is 54.1 Å². The SMILES string of the molecule is COc1ccc2nc(OS(=O)(=O)Cc3ccccc3)oc2c1. The molecule has 0 saturated carbocycles. The average Bonchev–Trinajstić information content (AvgIpc) is 2.87. The first-order chi connectivity index (χ1) is 10.6. The maximum atomic E-state index is 12.0. The largest absolute Gasteiger partial charge is 0.497 e. The highest BCUT2D eigenvalue weighted by molar-refractivity contribution is 7.86. The van der Waals surface area contributed by atoms with E-state index in [0.29, 0.717) is 22.4 Å². The highest BCUT2D eigenvalue weighted by Gasteiger charge is 2.18. The molecular weight excluding hydrogens is 306 g/mol. The minimum atomic E-state index is -3.84. The summed E-state index contributed by atoms with van der Waals surface area (Å²) in [5.74, 6) is 0.331. The lowest BCUT2D eigenvalue weighted by molar-refractivity contribution is 0.380. The maximum Gasteiger partial charge on any atom is 0.410 e. The lowest BCUT2D eigenvalue weighted by Gasteiger charge is -2.02. The molecule has 0 amide bonds. The highest BCUT2D eigenvalue weighted by atomic mass is 32.2. The molecule has 3 rings (SSSR count). The number of nitrogens with zero attached hydrogens (tertiary/aromatic N) is 1. The van der Waals surface area contributed by atoms with E-state index in [-0.39, 0.29) is 11.8 Å². The third-order valence-electron chi connectivity index (χ3n) is 2.96. The Morgan fingerprint density at radius 2 is 1.91 bits per heavy atom. The molecule has 3 aromatic rings. The molecule has 7 heteroatoms. The fourth-order valence-electron chi connectivity index (χ4n) is 1.96. The lowest BCUT2D eigenvalue weighted by Crippen LogP contribution is -2.12. The van der Waals surface area contributed by atoms with Crippen molar-refractivity contribution in [3.63, 3.8) is 0 Å². The summed E-state index contributed by atoms with van der Waals surface area (Å²) in [6, 6.07) is 13.7. The molecule has 22 heavy (non-hydrogen) atoms. The Hall–Kier alpha value is -2.54. The standard InChI is InChI=1S/C15H13NO5S/c1-19-12-7-8-13-14(9-12)20-15(16-13)21-22(17,18)10-11-5-3-2-4-6-11/h2-9H,10H2,1H3. The molecule has 0 N–H and O–H groups in total. The molecule has 1 heterocycles. The summed E-state index contributed by atoms with van der Waals surface area (Å²) in [5.41, 5.74) is 1.51. The maximum absolute atomic E-state index is 12.0. The van der Waals surface area contributed by atoms with Crippen molar-refractivity contribution >= 4 is 21.2 Å². The fourth-order valence-corrected chi connectivity index (χ4v) is 2.91. The van der Waals surface area contributed by atoms with Crippen LogP contribution in [0.3, 0.4) is 0 Å². The quantitative estimate of drug-likeness (QED) is 0.673. The normalized spacial score (nSPS) is 11.5. The van der Waals surface area contributed by atoms with E-state index in [2.05, 4.69) is 4.98 Å². The van der Waals surface area contributed by atoms with Crippen molar-refractivity contribution in [3.8, 4) is 11.8 Å². The number of ether oxygens (including phenoxy) is 1. The molecule has 0 atom stereocenters. The zero-order chi connectivity index (χ0) is 15.6. The predicted molar refractivity (Wildman–Crippen MR) is 80.3 cm³/mol. The fraction of sp³-hybridized carbons (Fsp3) is 0.133. The van der Waals surface area contributed by atoms with E-state index in [1.807, 2.05) is 6.07 Å². The van der Waals surface area contributed by atoms with Crippen molar-refractivity contribution in [1.29, 1.82) is 0 Å². The molecule has 0 spiro atoms. The van der Waals surface area contributed by atoms with Gasteiger partial charge in [0, 0.05) is 6.07 Å². The van der Waals surface area contributed by atoms with E-state index in [9.17, 15) is 8.42 Å². The lowest BCUT2D eigenvalue weighted by atomic mass is 10.2. The summed E-state index contributed by atoms with van der Waals surface area (Å²) in [6.07, 6.45) is -0.306. The van der Waals surface area contributed by atoms with Crippen molar-refractivity contribution in [1.82, 2.24) is 4.98 Å². The average molecular weight is 319 g/mol. The van der Waals surface area contributed by atoms with Crippen molar-refractivity contribution in [2.75, 3.05) is 7.11 Å². The zero-order valence-corrected chi connectivity index (χ0v) is 12.5. The van der Waals surface area contributed by atoms with Crippen LogP contribution in [-0.4, -0.2) is 20.5 Å². The Morgan fingerprint density at radius 1 is 1.14 bits per heavy atom. The van der Waals surface area contributed by atoms with Gasteiger partial charge in [-0.25, -0.2) is 0 Å². The smallest absolute Gasteiger partial charge is 0.410 e. The van der Waals surface area contributed by atoms with Gasteiger partial charge in [-0.2, -0.15) is 13.4 Å². The number of benzene rings is 2. The van der Waals surface area contributed by atoms with Gasteiger partial charge in [-0.05, 0) is 17.7 Å². The van der Waals surface area contributed by atoms with Crippen molar-refractivity contribution < 1.29 is 21.8 Å². The first-order valence-electron chi connectivity index (χ1n) is 6.46. The molecule has 6 nitrogen and oxygen atoms in total. The predicted octanol–water partition coefficient (Wildman–Crippen LogP) is 2.75. The van der Waals surface area contributed by atoms with E-state index in [1.165, 1.54) is 7.11 Å². The van der Waals surface area contributed by atoms with Gasteiger partial charge in [0.15, 0.2) is 5.58 Å². The molecule has 0 aliphatic rings. The Kier molecular flexibility index (Phi) is 3.72. The number of hydrogen-bond acceptors (Lipinski definition) is 6. The van der Waals surface area contributed by atoms with E-state index >= 15 is 0 Å². The van der Waals surface area contributed by atoms with Crippen LogP contribution in [-0.2, 0) is 15.9 Å². The third-order valence-corrected chi connectivity index (χ3v) is 4.04. The van der Waals surface area contributed by atoms with E-state index in [0.717, 1.165) is 0 Å². The van der Waals surface area contributed by atoms with Crippen LogP contribution in [0.2, 0.25) is 0 Å². The summed E-state index contributed by atoms with van der Waals surface area (Å²) >= 11 is 0. The van der Waals surface area contributed by atoms with Crippen LogP contribution in [0.1, 0.15) is 5.56 Å². The van der Waals surface area contributed by atoms with Crippen LogP contribution in [0, 0.1) is 0 Å². The molecule has 0 aliphatic carbocycles. The Morgan fingerprint density at radius 3 is 2.64 bits per heavy atom. The number of hydrogen-bond donors (Lipinski definition) is 0. The molecule has 0 fully saturated rings. The van der Waals surface area contributed by atoms with E-state index < -0.39 is 10.1 Å². The molecule has 114 valence electrons. The third kappa shape index (κ3) is 3.20. The van der Waals surface area contributed by atoms with Crippen LogP contribution in [0.5, 0.6) is 11.8 Å². The second-order valence-electron chi connectivity index (χ2n) is 4.58. The zero-order valence-electron chi connectivity index (χ0n) is 11.7. The Bertz CT molecular complexity index is 887. The summed E-state index contributed by atoms with van der Waals surface area (Å²) in [6.45, 7) is 0. The summed E-state index contributed by atoms with van der Waals surface area (Å²) in [7, 11) is -2.31. The minimum Gasteiger partial charge on any atom is -0.497 e. The van der Waals surface area contributed by atoms with Gasteiger partial charge in [-0.15, -0.1) is 0 Å². The molecule has 0 aliphatic heterocycles. The first kappa shape index (κ1) is 14.4. The first-order valence-corrected chi connectivity index (χ1v) is 8.04. The molecule has 1 aromatic heterocycles. The van der Waals surface area contributed by atoms with Gasteiger partial charge in [0.1, 0.15) is 17.0 Å². The van der Waals surface area contributed by atoms with Gasteiger partial charge in [0.25, 0.3) is 0 Å². The second kappa shape index (κ2) is 5.69. The number of fused-ring (bicyclic) bond motifs is 1. The summed E-state index contributed by atoms with van der Waals surface area (Å²) < 4.78 is 39.3. The summed E-state index contributed by atoms with van der Waals surface area (Å²) in [4.78, 5) is 3.99. The molecule has 0 radical (unpaired) electrons. The molecule has 2 aromatic carbocycles. The van der Waals surface area contributed by atoms with Gasteiger partial charge in [0.2, 0.25) is 0 Å². The molecule has 0 unspecified atom stereocenters. The van der Waals surface area contributed by atoms with E-state index in [4.69, 9.17) is 13.3 Å². The van der Waals surface area contributed by atoms with E-state index in [1.54, 1.807) is 42.5 Å². The van der Waals surface area contributed by atoms with Gasteiger partial charge >= 0.3 is 16.2 Å². The molecular formula is C15H13NO5S. The van der Waals surface area contributed by atoms with Crippen LogP contribution < -0.4 is 8.92 Å². The summed E-state index contributed by atoms with van der Waals surface area (Å²) in [5, 5.41) is 0. The number of rotatable bonds is 5. The minimum absolute atomic E-state index is 0.254. The second-order valence-corrected chi connectivity index (χ2v) is 6.16. The van der Waals surface area contributed by atoms with Crippen molar-refractivity contribution in [2.45, 2.75) is 5.75 Å². The van der Waals surface area contributed by atoms with Crippen LogP contribution >= 0.6 is 0 Å². The molecule has 0 saturated heterocycles. The number of aromatic nitrogens is 1. The van der Waals surface area contributed by atoms with Gasteiger partial charge in [-0.1, -0.05) is 30.3 Å². The van der Waals surface area contributed by atoms with Crippen LogP contribution in [0.25, 0.3) is 11.1 Å². The van der Waals surface area contributed by atoms with Crippen LogP contribution in [0.4, 0.5) is 0 Å². The number of oxazole rings is 1. The monoisotopic (exact) mass is 319 g/mol. The highest BCUT2D eigenvalue weighted by Crippen LogP contribution is 2.25. The number of methoxy groups -OCH3 is 1. The van der Waals surface area contributed by atoms with Crippen molar-refractivity contribution in [2.24, 2.45) is 0 Å². The van der Waals surface area contributed by atoms with Gasteiger partial charge in [-0.3, -0.25) is 0 Å². The topological polar surface area (TPSA) is 78.6 Å². The van der Waals surface area contributed by atoms with Crippen LogP contribution in [0.15, 0.2) is 52.9 Å². The van der Waals surface area contributed by atoms with Gasteiger partial charge in [0.05, 0.1) is 7.11 Å². The Labute approximate surface area is 127 Å². The van der Waals surface area contributed by atoms with Gasteiger partial charge < -0.3 is 13.3 Å². The Balaban J connectivity index is 1.82.